The summed E-state index contributed by atoms with van der Waals surface area (Å²) >= 11 is 0. The van der Waals surface area contributed by atoms with Crippen LogP contribution in [0, 0.1) is 19.8 Å². The first-order valence-corrected chi connectivity index (χ1v) is 6.87. The van der Waals surface area contributed by atoms with Crippen LogP contribution in [-0.4, -0.2) is 36.2 Å². The molecule has 1 aromatic heterocycles. The van der Waals surface area contributed by atoms with Crippen LogP contribution in [0.3, 0.4) is 0 Å². The lowest BCUT2D eigenvalue weighted by molar-refractivity contribution is -0.119. The van der Waals surface area contributed by atoms with E-state index in [9.17, 15) is 4.79 Å². The average molecular weight is 279 g/mol. The Bertz CT molecular complexity index is 473. The number of rotatable bonds is 6. The third-order valence-corrected chi connectivity index (χ3v) is 3.21. The van der Waals surface area contributed by atoms with E-state index in [4.69, 9.17) is 5.73 Å². The number of carbonyl (C=O) groups is 1. The fourth-order valence-corrected chi connectivity index (χ4v) is 1.86. The molecule has 0 aromatic carbocycles. The molecule has 0 aliphatic rings. The van der Waals surface area contributed by atoms with E-state index in [1.807, 2.05) is 20.9 Å². The maximum absolute atomic E-state index is 11.9. The van der Waals surface area contributed by atoms with Gasteiger partial charge in [0.05, 0.1) is 12.2 Å². The van der Waals surface area contributed by atoms with Crippen LogP contribution in [0.1, 0.15) is 30.7 Å². The van der Waals surface area contributed by atoms with E-state index in [-0.39, 0.29) is 12.5 Å². The summed E-state index contributed by atoms with van der Waals surface area (Å²) in [6, 6.07) is 0. The van der Waals surface area contributed by atoms with Gasteiger partial charge in [-0.1, -0.05) is 13.8 Å². The topological polar surface area (TPSA) is 84.1 Å². The highest BCUT2D eigenvalue weighted by molar-refractivity contribution is 5.81. The molecule has 3 N–H and O–H groups in total. The van der Waals surface area contributed by atoms with Gasteiger partial charge in [-0.25, -0.2) is 0 Å². The molecule has 0 fully saturated rings. The first-order chi connectivity index (χ1) is 9.36. The van der Waals surface area contributed by atoms with Gasteiger partial charge in [0.15, 0.2) is 5.82 Å². The van der Waals surface area contributed by atoms with E-state index < -0.39 is 0 Å². The van der Waals surface area contributed by atoms with Crippen LogP contribution < -0.4 is 16.0 Å². The zero-order valence-electron chi connectivity index (χ0n) is 13.0. The first kappa shape index (κ1) is 16.4. The minimum Gasteiger partial charge on any atom is -0.354 e. The van der Waals surface area contributed by atoms with Crippen LogP contribution in [0.5, 0.6) is 0 Å². The molecule has 1 amide bonds. The molecule has 0 spiro atoms. The van der Waals surface area contributed by atoms with Crippen LogP contribution >= 0.6 is 0 Å². The van der Waals surface area contributed by atoms with Crippen molar-refractivity contribution < 1.29 is 4.79 Å². The van der Waals surface area contributed by atoms with E-state index >= 15 is 0 Å². The van der Waals surface area contributed by atoms with Gasteiger partial charge < -0.3 is 16.0 Å². The lowest BCUT2D eigenvalue weighted by Crippen LogP contribution is -2.37. The highest BCUT2D eigenvalue weighted by atomic mass is 16.2. The Hall–Kier alpha value is -1.69. The monoisotopic (exact) mass is 279 g/mol. The lowest BCUT2D eigenvalue weighted by atomic mass is 10.1. The molecule has 0 unspecified atom stereocenters. The molecule has 6 nitrogen and oxygen atoms in total. The van der Waals surface area contributed by atoms with Gasteiger partial charge in [-0.2, -0.15) is 5.10 Å². The van der Waals surface area contributed by atoms with Crippen LogP contribution in [0.4, 0.5) is 5.82 Å². The van der Waals surface area contributed by atoms with E-state index in [2.05, 4.69) is 29.4 Å². The zero-order chi connectivity index (χ0) is 15.3. The maximum atomic E-state index is 11.9. The number of nitrogens with zero attached hydrogens (tertiary/aromatic N) is 3. The van der Waals surface area contributed by atoms with Crippen molar-refractivity contribution in [2.24, 2.45) is 11.7 Å². The van der Waals surface area contributed by atoms with Gasteiger partial charge in [0.25, 0.3) is 0 Å². The summed E-state index contributed by atoms with van der Waals surface area (Å²) in [5.41, 5.74) is 8.64. The Morgan fingerprint density at radius 3 is 2.55 bits per heavy atom. The number of likely N-dealkylation sites (N-methyl/N-ethyl adjacent to an activating group) is 1. The Kier molecular flexibility index (Phi) is 5.88. The van der Waals surface area contributed by atoms with Crippen molar-refractivity contribution in [2.75, 3.05) is 25.0 Å². The number of nitrogens with two attached hydrogens (primary N) is 1. The number of aromatic nitrogens is 2. The quantitative estimate of drug-likeness (QED) is 0.803. The summed E-state index contributed by atoms with van der Waals surface area (Å²) in [7, 11) is 1.83. The van der Waals surface area contributed by atoms with Gasteiger partial charge in [0.2, 0.25) is 5.91 Å². The Morgan fingerprint density at radius 2 is 2.00 bits per heavy atom. The van der Waals surface area contributed by atoms with Crippen molar-refractivity contribution in [1.82, 2.24) is 15.5 Å². The molecule has 0 aliphatic heterocycles. The summed E-state index contributed by atoms with van der Waals surface area (Å²) in [5, 5.41) is 11.2. The fraction of sp³-hybridized carbons (Fsp3) is 0.643. The second-order valence-electron chi connectivity index (χ2n) is 5.47. The maximum Gasteiger partial charge on any atom is 0.239 e. The normalized spacial score (nSPS) is 10.8. The molecule has 6 heteroatoms. The van der Waals surface area contributed by atoms with Gasteiger partial charge in [0.1, 0.15) is 0 Å². The van der Waals surface area contributed by atoms with E-state index in [0.29, 0.717) is 24.8 Å². The molecule has 0 saturated heterocycles. The highest BCUT2D eigenvalue weighted by Gasteiger charge is 2.15. The molecular weight excluding hydrogens is 254 g/mol. The SMILES string of the molecule is Cc1nnc(N(C)CC(=O)NCC(C)C)c(CN)c1C. The molecule has 112 valence electrons. The van der Waals surface area contributed by atoms with Crippen LogP contribution in [0.15, 0.2) is 0 Å². The smallest absolute Gasteiger partial charge is 0.239 e. The number of hydrogen-bond acceptors (Lipinski definition) is 5. The van der Waals surface area contributed by atoms with Crippen molar-refractivity contribution in [3.8, 4) is 0 Å². The predicted octanol–water partition coefficient (Wildman–Crippen LogP) is 0.761. The minimum atomic E-state index is -0.0239. The zero-order valence-corrected chi connectivity index (χ0v) is 13.0. The Labute approximate surface area is 120 Å². The lowest BCUT2D eigenvalue weighted by Gasteiger charge is -2.21. The highest BCUT2D eigenvalue weighted by Crippen LogP contribution is 2.20. The standard InChI is InChI=1S/C14H25N5O/c1-9(2)7-16-13(20)8-19(5)14-12(6-15)10(3)11(4)17-18-14/h9H,6-8,15H2,1-5H3,(H,16,20). The summed E-state index contributed by atoms with van der Waals surface area (Å²) in [4.78, 5) is 13.6. The molecular formula is C14H25N5O. The van der Waals surface area contributed by atoms with Crippen molar-refractivity contribution >= 4 is 11.7 Å². The molecule has 0 atom stereocenters. The van der Waals surface area contributed by atoms with Crippen LogP contribution in [-0.2, 0) is 11.3 Å². The predicted molar refractivity (Wildman–Crippen MR) is 80.5 cm³/mol. The number of carbonyl (C=O) groups excluding carboxylic acids is 1. The second-order valence-corrected chi connectivity index (χ2v) is 5.47. The molecule has 0 saturated carbocycles. The van der Waals surface area contributed by atoms with Crippen molar-refractivity contribution in [3.63, 3.8) is 0 Å². The summed E-state index contributed by atoms with van der Waals surface area (Å²) < 4.78 is 0. The molecule has 1 aromatic rings. The van der Waals surface area contributed by atoms with Gasteiger partial charge >= 0.3 is 0 Å². The number of hydrogen-bond donors (Lipinski definition) is 2. The van der Waals surface area contributed by atoms with E-state index in [1.165, 1.54) is 0 Å². The van der Waals surface area contributed by atoms with Crippen molar-refractivity contribution in [3.05, 3.63) is 16.8 Å². The van der Waals surface area contributed by atoms with E-state index in [0.717, 1.165) is 16.8 Å². The molecule has 1 rings (SSSR count). The molecule has 1 heterocycles. The summed E-state index contributed by atoms with van der Waals surface area (Å²) in [5.74, 6) is 1.09. The van der Waals surface area contributed by atoms with Gasteiger partial charge in [-0.05, 0) is 25.3 Å². The summed E-state index contributed by atoms with van der Waals surface area (Å²) in [6.07, 6.45) is 0. The largest absolute Gasteiger partial charge is 0.354 e. The van der Waals surface area contributed by atoms with Gasteiger partial charge in [-0.3, -0.25) is 4.79 Å². The van der Waals surface area contributed by atoms with Gasteiger partial charge in [0, 0.05) is 25.7 Å². The Morgan fingerprint density at radius 1 is 1.35 bits per heavy atom. The number of anilines is 1. The average Bonchev–Trinajstić information content (AvgIpc) is 2.39. The molecule has 20 heavy (non-hydrogen) atoms. The van der Waals surface area contributed by atoms with Crippen molar-refractivity contribution in [2.45, 2.75) is 34.2 Å². The van der Waals surface area contributed by atoms with Crippen LogP contribution in [0.25, 0.3) is 0 Å². The fourth-order valence-electron chi connectivity index (χ4n) is 1.86. The first-order valence-electron chi connectivity index (χ1n) is 6.87. The molecule has 0 bridgehead atoms. The Balaban J connectivity index is 2.80. The minimum absolute atomic E-state index is 0.0239. The third-order valence-electron chi connectivity index (χ3n) is 3.21. The van der Waals surface area contributed by atoms with E-state index in [1.54, 1.807) is 4.90 Å². The van der Waals surface area contributed by atoms with Crippen LogP contribution in [0.2, 0.25) is 0 Å². The number of aryl methyl sites for hydroxylation is 1. The number of amides is 1. The molecule has 0 radical (unpaired) electrons. The third kappa shape index (κ3) is 4.16. The van der Waals surface area contributed by atoms with Gasteiger partial charge in [-0.15, -0.1) is 5.10 Å². The second kappa shape index (κ2) is 7.19. The number of nitrogens with one attached hydrogen (secondary N) is 1. The van der Waals surface area contributed by atoms with Crippen molar-refractivity contribution in [1.29, 1.82) is 0 Å². The summed E-state index contributed by atoms with van der Waals surface area (Å²) in [6.45, 7) is 9.31. The molecule has 0 aliphatic carbocycles.